The molecule has 0 amide bonds. The number of pyridine rings is 1. The maximum Gasteiger partial charge on any atom is 0.0651 e. The maximum atomic E-state index is 4.08. The smallest absolute Gasteiger partial charge is 0.0651 e. The van der Waals surface area contributed by atoms with Crippen molar-refractivity contribution in [3.05, 3.63) is 29.0 Å². The molecule has 3 nitrogen and oxygen atoms in total. The third-order valence-electron chi connectivity index (χ3n) is 2.25. The van der Waals surface area contributed by atoms with Crippen molar-refractivity contribution in [2.75, 3.05) is 7.05 Å². The van der Waals surface area contributed by atoms with E-state index in [0.29, 0.717) is 0 Å². The molecule has 0 aliphatic heterocycles. The Hall–Kier alpha value is -1.77. The first-order valence-electron chi connectivity index (χ1n) is 4.62. The lowest BCUT2D eigenvalue weighted by Crippen LogP contribution is -2.24. The molecule has 2 N–H and O–H groups in total. The van der Waals surface area contributed by atoms with Crippen LogP contribution in [0.25, 0.3) is 23.2 Å². The van der Waals surface area contributed by atoms with Crippen LogP contribution >= 0.6 is 0 Å². The number of H-pyrrole nitrogens is 1. The lowest BCUT2D eigenvalue weighted by Gasteiger charge is -1.84. The van der Waals surface area contributed by atoms with Crippen molar-refractivity contribution in [1.82, 2.24) is 15.3 Å². The van der Waals surface area contributed by atoms with E-state index in [4.69, 9.17) is 0 Å². The number of aromatic nitrogens is 2. The SMILES string of the molecule is C/C=c1\c(=C/NC)[nH]c2cnccc12. The summed E-state index contributed by atoms with van der Waals surface area (Å²) >= 11 is 0. The molecule has 0 unspecified atom stereocenters. The van der Waals surface area contributed by atoms with Crippen molar-refractivity contribution in [3.8, 4) is 0 Å². The standard InChI is InChI=1S/C11H13N3/c1-3-8-9-4-5-13-7-11(9)14-10(8)6-12-2/h3-7,12,14H,1-2H3/b8-3-,10-6+. The van der Waals surface area contributed by atoms with Gasteiger partial charge < -0.3 is 10.3 Å². The Morgan fingerprint density at radius 3 is 3.07 bits per heavy atom. The van der Waals surface area contributed by atoms with E-state index in [1.807, 2.05) is 38.6 Å². The van der Waals surface area contributed by atoms with E-state index < -0.39 is 0 Å². The van der Waals surface area contributed by atoms with E-state index >= 15 is 0 Å². The number of nitrogens with one attached hydrogen (secondary N) is 2. The monoisotopic (exact) mass is 187 g/mol. The van der Waals surface area contributed by atoms with Crippen LogP contribution in [0.5, 0.6) is 0 Å². The molecule has 0 aliphatic carbocycles. The van der Waals surface area contributed by atoms with Gasteiger partial charge in [-0.15, -0.1) is 0 Å². The van der Waals surface area contributed by atoms with E-state index in [-0.39, 0.29) is 0 Å². The molecule has 0 saturated carbocycles. The predicted molar refractivity (Wildman–Crippen MR) is 59.0 cm³/mol. The zero-order valence-corrected chi connectivity index (χ0v) is 8.33. The highest BCUT2D eigenvalue weighted by Crippen LogP contribution is 2.00. The Morgan fingerprint density at radius 2 is 2.36 bits per heavy atom. The zero-order chi connectivity index (χ0) is 9.97. The molecular formula is C11H13N3. The van der Waals surface area contributed by atoms with Crippen LogP contribution in [-0.4, -0.2) is 17.0 Å². The summed E-state index contributed by atoms with van der Waals surface area (Å²) in [5, 5.41) is 6.55. The van der Waals surface area contributed by atoms with Gasteiger partial charge in [0, 0.05) is 30.0 Å². The molecule has 0 fully saturated rings. The zero-order valence-electron chi connectivity index (χ0n) is 8.33. The summed E-state index contributed by atoms with van der Waals surface area (Å²) in [6.45, 7) is 2.04. The van der Waals surface area contributed by atoms with Crippen molar-refractivity contribution < 1.29 is 0 Å². The second-order valence-corrected chi connectivity index (χ2v) is 3.10. The van der Waals surface area contributed by atoms with Crippen LogP contribution < -0.4 is 15.9 Å². The summed E-state index contributed by atoms with van der Waals surface area (Å²) in [5.74, 6) is 0. The normalized spacial score (nSPS) is 13.9. The Kier molecular flexibility index (Phi) is 2.23. The summed E-state index contributed by atoms with van der Waals surface area (Å²) in [5.41, 5.74) is 1.07. The van der Waals surface area contributed by atoms with Crippen LogP contribution in [0.2, 0.25) is 0 Å². The van der Waals surface area contributed by atoms with Gasteiger partial charge in [0.1, 0.15) is 0 Å². The van der Waals surface area contributed by atoms with Gasteiger partial charge >= 0.3 is 0 Å². The molecule has 3 heteroatoms. The first-order valence-corrected chi connectivity index (χ1v) is 4.62. The number of nitrogens with zero attached hydrogens (tertiary/aromatic N) is 1. The fourth-order valence-corrected chi connectivity index (χ4v) is 1.66. The van der Waals surface area contributed by atoms with Crippen LogP contribution in [-0.2, 0) is 0 Å². The van der Waals surface area contributed by atoms with Crippen molar-refractivity contribution in [1.29, 1.82) is 0 Å². The van der Waals surface area contributed by atoms with Gasteiger partial charge in [0.25, 0.3) is 0 Å². The lowest BCUT2D eigenvalue weighted by molar-refractivity contribution is 1.15. The molecule has 0 bridgehead atoms. The van der Waals surface area contributed by atoms with Gasteiger partial charge in [-0.2, -0.15) is 0 Å². The van der Waals surface area contributed by atoms with E-state index in [0.717, 1.165) is 10.9 Å². The molecule has 0 atom stereocenters. The highest BCUT2D eigenvalue weighted by atomic mass is 14.8. The fourth-order valence-electron chi connectivity index (χ4n) is 1.66. The van der Waals surface area contributed by atoms with Gasteiger partial charge in [-0.25, -0.2) is 0 Å². The molecule has 0 aromatic carbocycles. The predicted octanol–water partition coefficient (Wildman–Crippen LogP) is 0.321. The van der Waals surface area contributed by atoms with E-state index in [1.165, 1.54) is 10.6 Å². The number of aromatic amines is 1. The Bertz CT molecular complexity index is 551. The maximum absolute atomic E-state index is 4.08. The highest BCUT2D eigenvalue weighted by Gasteiger charge is 1.97. The third-order valence-corrected chi connectivity index (χ3v) is 2.25. The van der Waals surface area contributed by atoms with Crippen LogP contribution in [0, 0.1) is 0 Å². The molecule has 0 radical (unpaired) electrons. The minimum Gasteiger partial charge on any atom is -0.392 e. The molecule has 14 heavy (non-hydrogen) atoms. The Morgan fingerprint density at radius 1 is 1.50 bits per heavy atom. The molecule has 2 rings (SSSR count). The van der Waals surface area contributed by atoms with E-state index in [2.05, 4.69) is 21.4 Å². The van der Waals surface area contributed by atoms with Gasteiger partial charge in [0.2, 0.25) is 0 Å². The van der Waals surface area contributed by atoms with Gasteiger partial charge in [0.15, 0.2) is 0 Å². The number of rotatable bonds is 1. The van der Waals surface area contributed by atoms with Crippen LogP contribution in [0.4, 0.5) is 0 Å². The average molecular weight is 187 g/mol. The molecule has 0 aliphatic rings. The third kappa shape index (κ3) is 1.27. The van der Waals surface area contributed by atoms with Crippen molar-refractivity contribution >= 4 is 23.2 Å². The summed E-state index contributed by atoms with van der Waals surface area (Å²) in [4.78, 5) is 7.39. The van der Waals surface area contributed by atoms with Crippen molar-refractivity contribution in [2.45, 2.75) is 6.92 Å². The lowest BCUT2D eigenvalue weighted by atomic mass is 10.2. The van der Waals surface area contributed by atoms with E-state index in [1.54, 1.807) is 0 Å². The molecule has 2 heterocycles. The first-order chi connectivity index (χ1) is 6.86. The average Bonchev–Trinajstić information content (AvgIpc) is 2.55. The molecular weight excluding hydrogens is 174 g/mol. The second kappa shape index (κ2) is 3.54. The van der Waals surface area contributed by atoms with Crippen LogP contribution in [0.1, 0.15) is 6.92 Å². The highest BCUT2D eigenvalue weighted by molar-refractivity contribution is 5.79. The fraction of sp³-hybridized carbons (Fsp3) is 0.182. The molecule has 2 aromatic rings. The number of hydrogen-bond donors (Lipinski definition) is 2. The van der Waals surface area contributed by atoms with E-state index in [9.17, 15) is 0 Å². The van der Waals surface area contributed by atoms with Gasteiger partial charge in [-0.1, -0.05) is 6.08 Å². The first kappa shape index (κ1) is 8.81. The van der Waals surface area contributed by atoms with Gasteiger partial charge in [0.05, 0.1) is 17.1 Å². The van der Waals surface area contributed by atoms with Gasteiger partial charge in [-0.05, 0) is 13.0 Å². The Balaban J connectivity index is 2.94. The minimum atomic E-state index is 1.07. The topological polar surface area (TPSA) is 40.7 Å². The largest absolute Gasteiger partial charge is 0.392 e. The number of fused-ring (bicyclic) bond motifs is 1. The quantitative estimate of drug-likeness (QED) is 0.675. The molecule has 2 aromatic heterocycles. The molecule has 0 spiro atoms. The Labute approximate surface area is 82.2 Å². The molecule has 0 saturated heterocycles. The minimum absolute atomic E-state index is 1.07. The molecule has 72 valence electrons. The summed E-state index contributed by atoms with van der Waals surface area (Å²) < 4.78 is 0. The second-order valence-electron chi connectivity index (χ2n) is 3.10. The number of hydrogen-bond acceptors (Lipinski definition) is 2. The summed E-state index contributed by atoms with van der Waals surface area (Å²) in [7, 11) is 1.89. The van der Waals surface area contributed by atoms with Crippen molar-refractivity contribution in [2.24, 2.45) is 0 Å². The van der Waals surface area contributed by atoms with Crippen LogP contribution in [0.3, 0.4) is 0 Å². The van der Waals surface area contributed by atoms with Gasteiger partial charge in [-0.3, -0.25) is 4.98 Å². The van der Waals surface area contributed by atoms with Crippen LogP contribution in [0.15, 0.2) is 18.5 Å². The van der Waals surface area contributed by atoms with Crippen molar-refractivity contribution in [3.63, 3.8) is 0 Å². The summed E-state index contributed by atoms with van der Waals surface area (Å²) in [6.07, 6.45) is 7.71. The summed E-state index contributed by atoms with van der Waals surface area (Å²) in [6, 6.07) is 2.02.